The highest BCUT2D eigenvalue weighted by Gasteiger charge is 2.19. The van der Waals surface area contributed by atoms with Crippen LogP contribution in [0.1, 0.15) is 10.4 Å². The Morgan fingerprint density at radius 1 is 1.10 bits per heavy atom. The minimum atomic E-state index is -0.378. The van der Waals surface area contributed by atoms with Gasteiger partial charge in [0.25, 0.3) is 5.91 Å². The van der Waals surface area contributed by atoms with E-state index >= 15 is 0 Å². The van der Waals surface area contributed by atoms with Crippen molar-refractivity contribution < 1.29 is 9.53 Å². The fraction of sp³-hybridized carbons (Fsp3) is 0.0714. The van der Waals surface area contributed by atoms with Crippen LogP contribution in [0.15, 0.2) is 40.9 Å². The molecule has 0 aliphatic carbocycles. The number of anilines is 1. The Hall–Kier alpha value is -1.23. The molecule has 0 spiro atoms. The van der Waals surface area contributed by atoms with Crippen LogP contribution >= 0.6 is 39.1 Å². The van der Waals surface area contributed by atoms with Crippen LogP contribution in [0, 0.1) is 0 Å². The number of nitrogens with one attached hydrogen (secondary N) is 1. The predicted octanol–water partition coefficient (Wildman–Crippen LogP) is 5.02. The summed E-state index contributed by atoms with van der Waals surface area (Å²) in [7, 11) is 1.44. The lowest BCUT2D eigenvalue weighted by Gasteiger charge is -2.12. The van der Waals surface area contributed by atoms with E-state index in [9.17, 15) is 4.79 Å². The maximum Gasteiger partial charge on any atom is 0.261 e. The molecular weight excluding hydrogens is 365 g/mol. The first-order chi connectivity index (χ1) is 9.52. The first-order valence-corrected chi connectivity index (χ1v) is 7.16. The number of carbonyl (C=O) groups excluding carboxylic acids is 1. The molecule has 2 aromatic rings. The normalized spacial score (nSPS) is 10.2. The second-order valence-electron chi connectivity index (χ2n) is 3.90. The Morgan fingerprint density at radius 2 is 1.70 bits per heavy atom. The van der Waals surface area contributed by atoms with E-state index < -0.39 is 0 Å². The van der Waals surface area contributed by atoms with E-state index in [1.165, 1.54) is 7.11 Å². The van der Waals surface area contributed by atoms with Crippen molar-refractivity contribution >= 4 is 50.7 Å². The Morgan fingerprint density at radius 3 is 2.30 bits per heavy atom. The third-order valence-electron chi connectivity index (χ3n) is 2.59. The number of halogens is 3. The third kappa shape index (κ3) is 3.26. The van der Waals surface area contributed by atoms with Crippen molar-refractivity contribution in [3.63, 3.8) is 0 Å². The van der Waals surface area contributed by atoms with Crippen LogP contribution in [0.2, 0.25) is 10.0 Å². The van der Waals surface area contributed by atoms with E-state index in [1.54, 1.807) is 24.3 Å². The topological polar surface area (TPSA) is 38.3 Å². The van der Waals surface area contributed by atoms with Crippen LogP contribution in [0.3, 0.4) is 0 Å². The summed E-state index contributed by atoms with van der Waals surface area (Å²) >= 11 is 15.4. The van der Waals surface area contributed by atoms with Crippen LogP contribution < -0.4 is 10.1 Å². The van der Waals surface area contributed by atoms with Crippen LogP contribution in [0.5, 0.6) is 5.75 Å². The van der Waals surface area contributed by atoms with E-state index in [4.69, 9.17) is 27.9 Å². The van der Waals surface area contributed by atoms with Crippen molar-refractivity contribution in [2.75, 3.05) is 12.4 Å². The number of benzene rings is 2. The van der Waals surface area contributed by atoms with Gasteiger partial charge in [0, 0.05) is 10.2 Å². The maximum absolute atomic E-state index is 12.3. The summed E-state index contributed by atoms with van der Waals surface area (Å²) in [5.74, 6) is -0.120. The zero-order chi connectivity index (χ0) is 14.7. The molecule has 3 nitrogen and oxygen atoms in total. The second kappa shape index (κ2) is 6.48. The summed E-state index contributed by atoms with van der Waals surface area (Å²) < 4.78 is 6.08. The van der Waals surface area contributed by atoms with Crippen LogP contribution in [-0.4, -0.2) is 13.0 Å². The van der Waals surface area contributed by atoms with Crippen molar-refractivity contribution in [2.45, 2.75) is 0 Å². The summed E-state index contributed by atoms with van der Waals surface area (Å²) in [5, 5.41) is 3.36. The zero-order valence-electron chi connectivity index (χ0n) is 10.4. The minimum Gasteiger partial charge on any atom is -0.494 e. The van der Waals surface area contributed by atoms with Gasteiger partial charge >= 0.3 is 0 Å². The number of amides is 1. The molecule has 6 heteroatoms. The van der Waals surface area contributed by atoms with Crippen LogP contribution in [0.25, 0.3) is 0 Å². The maximum atomic E-state index is 12.3. The number of hydrogen-bond donors (Lipinski definition) is 1. The van der Waals surface area contributed by atoms with Gasteiger partial charge in [-0.15, -0.1) is 0 Å². The number of hydrogen-bond acceptors (Lipinski definition) is 2. The fourth-order valence-electron chi connectivity index (χ4n) is 1.67. The van der Waals surface area contributed by atoms with Crippen LogP contribution in [-0.2, 0) is 0 Å². The van der Waals surface area contributed by atoms with E-state index in [1.807, 2.05) is 12.1 Å². The first kappa shape index (κ1) is 15.2. The van der Waals surface area contributed by atoms with Crippen LogP contribution in [0.4, 0.5) is 5.69 Å². The van der Waals surface area contributed by atoms with Crippen molar-refractivity contribution in [3.8, 4) is 5.75 Å². The Labute approximate surface area is 135 Å². The molecule has 0 heterocycles. The second-order valence-corrected chi connectivity index (χ2v) is 5.63. The molecule has 20 heavy (non-hydrogen) atoms. The van der Waals surface area contributed by atoms with Crippen molar-refractivity contribution in [3.05, 3.63) is 56.5 Å². The monoisotopic (exact) mass is 373 g/mol. The van der Waals surface area contributed by atoms with Crippen molar-refractivity contribution in [1.82, 2.24) is 0 Å². The van der Waals surface area contributed by atoms with E-state index in [0.717, 1.165) is 4.47 Å². The molecule has 0 radical (unpaired) electrons. The quantitative estimate of drug-likeness (QED) is 0.819. The lowest BCUT2D eigenvalue weighted by molar-refractivity contribution is 0.102. The van der Waals surface area contributed by atoms with Crippen molar-refractivity contribution in [1.29, 1.82) is 0 Å². The molecule has 0 aliphatic rings. The molecule has 2 rings (SSSR count). The van der Waals surface area contributed by atoms with Gasteiger partial charge in [0.1, 0.15) is 5.56 Å². The molecule has 0 saturated heterocycles. The lowest BCUT2D eigenvalue weighted by atomic mass is 10.1. The van der Waals surface area contributed by atoms with E-state index in [0.29, 0.717) is 10.7 Å². The number of rotatable bonds is 3. The average Bonchev–Trinajstić information content (AvgIpc) is 2.43. The average molecular weight is 375 g/mol. The number of carbonyl (C=O) groups is 1. The van der Waals surface area contributed by atoms with Gasteiger partial charge in [0.05, 0.1) is 17.2 Å². The lowest BCUT2D eigenvalue weighted by Crippen LogP contribution is -2.14. The molecule has 1 N–H and O–H groups in total. The van der Waals surface area contributed by atoms with Gasteiger partial charge in [0.15, 0.2) is 5.75 Å². The molecule has 104 valence electrons. The summed E-state index contributed by atoms with van der Waals surface area (Å²) in [5.41, 5.74) is 0.862. The van der Waals surface area contributed by atoms with E-state index in [2.05, 4.69) is 21.2 Å². The molecule has 0 aromatic heterocycles. The van der Waals surface area contributed by atoms with Gasteiger partial charge in [-0.05, 0) is 36.4 Å². The summed E-state index contributed by atoms with van der Waals surface area (Å²) in [6, 6.07) is 10.3. The SMILES string of the molecule is COc1c(Cl)ccc(Cl)c1C(=O)Nc1ccc(Br)cc1. The van der Waals surface area contributed by atoms with Gasteiger partial charge in [-0.1, -0.05) is 39.1 Å². The van der Waals surface area contributed by atoms with Gasteiger partial charge in [0.2, 0.25) is 0 Å². The number of methoxy groups -OCH3 is 1. The Bertz CT molecular complexity index is 644. The Balaban J connectivity index is 2.34. The highest BCUT2D eigenvalue weighted by molar-refractivity contribution is 9.10. The molecule has 1 amide bonds. The van der Waals surface area contributed by atoms with E-state index in [-0.39, 0.29) is 22.2 Å². The molecular formula is C14H10BrCl2NO2. The van der Waals surface area contributed by atoms with Gasteiger partial charge < -0.3 is 10.1 Å². The van der Waals surface area contributed by atoms with Crippen molar-refractivity contribution in [2.24, 2.45) is 0 Å². The third-order valence-corrected chi connectivity index (χ3v) is 3.73. The molecule has 0 atom stereocenters. The standard InChI is InChI=1S/C14H10BrCl2NO2/c1-20-13-11(17)7-6-10(16)12(13)14(19)18-9-4-2-8(15)3-5-9/h2-7H,1H3,(H,18,19). The van der Waals surface area contributed by atoms with Gasteiger partial charge in [-0.3, -0.25) is 4.79 Å². The smallest absolute Gasteiger partial charge is 0.261 e. The predicted molar refractivity (Wildman–Crippen MR) is 85.1 cm³/mol. The Kier molecular flexibility index (Phi) is 4.91. The molecule has 0 unspecified atom stereocenters. The first-order valence-electron chi connectivity index (χ1n) is 5.62. The molecule has 0 aliphatic heterocycles. The molecule has 0 saturated carbocycles. The summed E-state index contributed by atoms with van der Waals surface area (Å²) in [6.45, 7) is 0. The highest BCUT2D eigenvalue weighted by Crippen LogP contribution is 2.34. The van der Waals surface area contributed by atoms with Gasteiger partial charge in [-0.2, -0.15) is 0 Å². The highest BCUT2D eigenvalue weighted by atomic mass is 79.9. The number of ether oxygens (including phenoxy) is 1. The minimum absolute atomic E-state index is 0.213. The largest absolute Gasteiger partial charge is 0.494 e. The summed E-state index contributed by atoms with van der Waals surface area (Å²) in [4.78, 5) is 12.3. The zero-order valence-corrected chi connectivity index (χ0v) is 13.5. The summed E-state index contributed by atoms with van der Waals surface area (Å²) in [6.07, 6.45) is 0. The molecule has 0 fully saturated rings. The van der Waals surface area contributed by atoms with Gasteiger partial charge in [-0.25, -0.2) is 0 Å². The molecule has 2 aromatic carbocycles. The fourth-order valence-corrected chi connectivity index (χ4v) is 2.40. The molecule has 0 bridgehead atoms.